The molecule has 1 aliphatic heterocycles. The zero-order valence-corrected chi connectivity index (χ0v) is 19.9. The standard InChI is InChI=1S/C24H21ClN4O3S/c1-4-31-24(30)21-19(12-33-23-16(10-26)13(2)9-14(3)29-23)32-22(28)17(11-27)20(21)15-7-5-6-8-18(15)25/h5-9,20H,4,12,28H2,1-3H3/t20-/m0/s1. The molecule has 7 nitrogen and oxygen atoms in total. The molecule has 2 N–H and O–H groups in total. The largest absolute Gasteiger partial charge is 0.463 e. The number of halogens is 1. The molecule has 168 valence electrons. The second-order valence-electron chi connectivity index (χ2n) is 7.16. The lowest BCUT2D eigenvalue weighted by Crippen LogP contribution is -2.27. The summed E-state index contributed by atoms with van der Waals surface area (Å²) >= 11 is 7.67. The fraction of sp³-hybridized carbons (Fsp3) is 0.250. The number of esters is 1. The van der Waals surface area contributed by atoms with Gasteiger partial charge in [-0.15, -0.1) is 0 Å². The number of aromatic nitrogens is 1. The van der Waals surface area contributed by atoms with E-state index in [1.807, 2.05) is 19.9 Å². The van der Waals surface area contributed by atoms with Crippen LogP contribution < -0.4 is 5.73 Å². The van der Waals surface area contributed by atoms with E-state index >= 15 is 0 Å². The van der Waals surface area contributed by atoms with Crippen molar-refractivity contribution in [3.8, 4) is 12.1 Å². The molecule has 1 aromatic heterocycles. The minimum absolute atomic E-state index is 0.0714. The van der Waals surface area contributed by atoms with E-state index in [2.05, 4.69) is 17.1 Å². The molecule has 0 amide bonds. The van der Waals surface area contributed by atoms with Crippen molar-refractivity contribution in [2.24, 2.45) is 5.73 Å². The Morgan fingerprint density at radius 3 is 2.67 bits per heavy atom. The zero-order chi connectivity index (χ0) is 24.1. The number of hydrogen-bond donors (Lipinski definition) is 1. The molecule has 9 heteroatoms. The van der Waals surface area contributed by atoms with Crippen LogP contribution in [0.1, 0.15) is 35.2 Å². The molecular formula is C24H21ClN4O3S. The van der Waals surface area contributed by atoms with Crippen molar-refractivity contribution in [1.29, 1.82) is 10.5 Å². The Hall–Kier alpha value is -3.46. The van der Waals surface area contributed by atoms with Crippen molar-refractivity contribution in [1.82, 2.24) is 4.98 Å². The van der Waals surface area contributed by atoms with Gasteiger partial charge in [-0.25, -0.2) is 9.78 Å². The van der Waals surface area contributed by atoms with Gasteiger partial charge in [-0.05, 0) is 44.0 Å². The van der Waals surface area contributed by atoms with E-state index in [0.717, 1.165) is 11.3 Å². The van der Waals surface area contributed by atoms with Crippen LogP contribution in [0.3, 0.4) is 0 Å². The van der Waals surface area contributed by atoms with Gasteiger partial charge in [0.1, 0.15) is 28.5 Å². The molecule has 1 aliphatic rings. The normalized spacial score (nSPS) is 15.5. The lowest BCUT2D eigenvalue weighted by molar-refractivity contribution is -0.139. The van der Waals surface area contributed by atoms with Crippen molar-refractivity contribution in [2.45, 2.75) is 31.7 Å². The summed E-state index contributed by atoms with van der Waals surface area (Å²) in [5, 5.41) is 20.3. The van der Waals surface area contributed by atoms with Gasteiger partial charge in [0.15, 0.2) is 0 Å². The number of rotatable bonds is 6. The predicted octanol–water partition coefficient (Wildman–Crippen LogP) is 4.64. The van der Waals surface area contributed by atoms with Crippen LogP contribution in [-0.4, -0.2) is 23.3 Å². The molecule has 33 heavy (non-hydrogen) atoms. The molecule has 0 saturated carbocycles. The highest BCUT2D eigenvalue weighted by atomic mass is 35.5. The summed E-state index contributed by atoms with van der Waals surface area (Å²) in [5.74, 6) is -1.23. The molecule has 0 spiro atoms. The summed E-state index contributed by atoms with van der Waals surface area (Å²) in [7, 11) is 0. The van der Waals surface area contributed by atoms with E-state index < -0.39 is 11.9 Å². The number of ether oxygens (including phenoxy) is 2. The summed E-state index contributed by atoms with van der Waals surface area (Å²) in [4.78, 5) is 17.5. The van der Waals surface area contributed by atoms with Gasteiger partial charge in [-0.3, -0.25) is 0 Å². The van der Waals surface area contributed by atoms with Crippen molar-refractivity contribution in [2.75, 3.05) is 12.4 Å². The van der Waals surface area contributed by atoms with Gasteiger partial charge < -0.3 is 15.2 Å². The maximum atomic E-state index is 13.1. The number of benzene rings is 1. The molecule has 0 bridgehead atoms. The average molecular weight is 481 g/mol. The molecule has 0 radical (unpaired) electrons. The lowest BCUT2D eigenvalue weighted by Gasteiger charge is -2.28. The van der Waals surface area contributed by atoms with Gasteiger partial charge in [-0.2, -0.15) is 10.5 Å². The van der Waals surface area contributed by atoms with E-state index in [1.54, 1.807) is 31.2 Å². The number of nitriles is 2. The Balaban J connectivity index is 2.14. The zero-order valence-electron chi connectivity index (χ0n) is 18.3. The van der Waals surface area contributed by atoms with Crippen molar-refractivity contribution >= 4 is 29.3 Å². The summed E-state index contributed by atoms with van der Waals surface area (Å²) in [5.41, 5.74) is 8.86. The minimum Gasteiger partial charge on any atom is -0.463 e. The number of carbonyl (C=O) groups is 1. The molecular weight excluding hydrogens is 460 g/mol. The van der Waals surface area contributed by atoms with Crippen LogP contribution in [-0.2, 0) is 14.3 Å². The van der Waals surface area contributed by atoms with Crippen molar-refractivity contribution in [3.05, 3.63) is 80.5 Å². The Morgan fingerprint density at radius 1 is 1.30 bits per heavy atom. The lowest BCUT2D eigenvalue weighted by atomic mass is 9.83. The van der Waals surface area contributed by atoms with E-state index in [1.165, 1.54) is 11.8 Å². The first kappa shape index (κ1) is 24.2. The Labute approximate surface area is 201 Å². The van der Waals surface area contributed by atoms with Crippen LogP contribution in [0.5, 0.6) is 0 Å². The Bertz CT molecular complexity index is 1260. The Morgan fingerprint density at radius 2 is 2.03 bits per heavy atom. The maximum absolute atomic E-state index is 13.1. The van der Waals surface area contributed by atoms with Gasteiger partial charge in [0.05, 0.1) is 29.4 Å². The first-order valence-electron chi connectivity index (χ1n) is 10.1. The summed E-state index contributed by atoms with van der Waals surface area (Å²) in [6.07, 6.45) is 0. The smallest absolute Gasteiger partial charge is 0.338 e. The monoisotopic (exact) mass is 480 g/mol. The second kappa shape index (κ2) is 10.4. The molecule has 0 saturated heterocycles. The highest BCUT2D eigenvalue weighted by Crippen LogP contribution is 2.43. The minimum atomic E-state index is -0.852. The molecule has 2 heterocycles. The molecule has 3 rings (SSSR count). The van der Waals surface area contributed by atoms with E-state index in [-0.39, 0.29) is 35.1 Å². The first-order chi connectivity index (χ1) is 15.8. The van der Waals surface area contributed by atoms with E-state index in [0.29, 0.717) is 21.2 Å². The number of hydrogen-bond acceptors (Lipinski definition) is 8. The number of allylic oxidation sites excluding steroid dienone is 1. The number of nitrogens with two attached hydrogens (primary N) is 1. The van der Waals surface area contributed by atoms with Crippen molar-refractivity contribution in [3.63, 3.8) is 0 Å². The molecule has 1 aromatic carbocycles. The summed E-state index contributed by atoms with van der Waals surface area (Å²) in [6.45, 7) is 5.50. The van der Waals surface area contributed by atoms with Crippen LogP contribution in [0.25, 0.3) is 0 Å². The SMILES string of the molecule is CCOC(=O)C1=C(CSc2nc(C)cc(C)c2C#N)OC(N)=C(C#N)[C@@H]1c1ccccc1Cl. The van der Waals surface area contributed by atoms with Crippen LogP contribution in [0.2, 0.25) is 5.02 Å². The average Bonchev–Trinajstić information content (AvgIpc) is 2.77. The van der Waals surface area contributed by atoms with Crippen molar-refractivity contribution < 1.29 is 14.3 Å². The first-order valence-corrected chi connectivity index (χ1v) is 11.4. The summed E-state index contributed by atoms with van der Waals surface area (Å²) in [6, 6.07) is 13.0. The van der Waals surface area contributed by atoms with E-state index in [4.69, 9.17) is 26.8 Å². The third-order valence-electron chi connectivity index (χ3n) is 4.97. The number of thioether (sulfide) groups is 1. The molecule has 1 atom stereocenters. The highest BCUT2D eigenvalue weighted by molar-refractivity contribution is 7.99. The fourth-order valence-electron chi connectivity index (χ4n) is 3.55. The van der Waals surface area contributed by atoms with Crippen LogP contribution in [0.4, 0.5) is 0 Å². The van der Waals surface area contributed by atoms with Crippen LogP contribution in [0, 0.1) is 36.5 Å². The third-order valence-corrected chi connectivity index (χ3v) is 6.29. The van der Waals surface area contributed by atoms with Crippen LogP contribution in [0.15, 0.2) is 58.1 Å². The van der Waals surface area contributed by atoms with Gasteiger partial charge in [-0.1, -0.05) is 41.6 Å². The van der Waals surface area contributed by atoms with Gasteiger partial charge in [0.25, 0.3) is 0 Å². The topological polar surface area (TPSA) is 122 Å². The second-order valence-corrected chi connectivity index (χ2v) is 8.54. The Kier molecular flexibility index (Phi) is 7.65. The fourth-order valence-corrected chi connectivity index (χ4v) is 4.84. The molecule has 2 aromatic rings. The molecule has 0 unspecified atom stereocenters. The number of aryl methyl sites for hydroxylation is 2. The third kappa shape index (κ3) is 4.98. The highest BCUT2D eigenvalue weighted by Gasteiger charge is 2.38. The predicted molar refractivity (Wildman–Crippen MR) is 125 cm³/mol. The maximum Gasteiger partial charge on any atom is 0.338 e. The number of nitrogens with zero attached hydrogens (tertiary/aromatic N) is 3. The van der Waals surface area contributed by atoms with Gasteiger partial charge in [0.2, 0.25) is 5.88 Å². The number of carbonyl (C=O) groups excluding carboxylic acids is 1. The summed E-state index contributed by atoms with van der Waals surface area (Å²) < 4.78 is 11.1. The van der Waals surface area contributed by atoms with E-state index in [9.17, 15) is 15.3 Å². The quantitative estimate of drug-likeness (QED) is 0.468. The van der Waals surface area contributed by atoms with Gasteiger partial charge in [0, 0.05) is 10.7 Å². The number of pyridine rings is 1. The molecule has 0 aliphatic carbocycles. The van der Waals surface area contributed by atoms with Gasteiger partial charge >= 0.3 is 5.97 Å². The van der Waals surface area contributed by atoms with Crippen LogP contribution >= 0.6 is 23.4 Å². The molecule has 0 fully saturated rings.